The van der Waals surface area contributed by atoms with E-state index in [0.29, 0.717) is 19.6 Å². The number of nitrogens with zero attached hydrogens (tertiary/aromatic N) is 1. The normalized spacial score (nSPS) is 24.6. The summed E-state index contributed by atoms with van der Waals surface area (Å²) in [7, 11) is -1.42. The van der Waals surface area contributed by atoms with Crippen molar-refractivity contribution in [1.29, 1.82) is 0 Å². The van der Waals surface area contributed by atoms with Gasteiger partial charge in [0.2, 0.25) is 6.29 Å². The highest BCUT2D eigenvalue weighted by molar-refractivity contribution is 7.53. The van der Waals surface area contributed by atoms with Gasteiger partial charge in [0.25, 0.3) is 0 Å². The second-order valence-corrected chi connectivity index (χ2v) is 6.31. The number of hydrogen-bond donors (Lipinski definition) is 0. The van der Waals surface area contributed by atoms with Crippen LogP contribution in [0.15, 0.2) is 0 Å². The number of carbonyl (C=O) groups is 1. The Labute approximate surface area is 113 Å². The van der Waals surface area contributed by atoms with Crippen LogP contribution in [0, 0.1) is 0 Å². The van der Waals surface area contributed by atoms with Gasteiger partial charge < -0.3 is 13.8 Å². The van der Waals surface area contributed by atoms with Crippen molar-refractivity contribution in [3.8, 4) is 0 Å². The Kier molecular flexibility index (Phi) is 6.42. The summed E-state index contributed by atoms with van der Waals surface area (Å²) >= 11 is 0. The van der Waals surface area contributed by atoms with Crippen LogP contribution in [0.2, 0.25) is 0 Å². The lowest BCUT2D eigenvalue weighted by molar-refractivity contribution is -0.224. The van der Waals surface area contributed by atoms with Crippen LogP contribution >= 0.6 is 7.60 Å². The zero-order chi connectivity index (χ0) is 14.5. The van der Waals surface area contributed by atoms with Crippen LogP contribution in [0.4, 0.5) is 0 Å². The standard InChI is InChI=1S/C11H22NO6P/c1-5-15-19(14,16-6-2)8-10-7-11(17-9(3)13)18-12(10)4/h10-11H,5-8H2,1-4H3. The number of hydrogen-bond acceptors (Lipinski definition) is 7. The molecule has 0 saturated carbocycles. The van der Waals surface area contributed by atoms with Gasteiger partial charge in [-0.1, -0.05) is 0 Å². The van der Waals surface area contributed by atoms with Gasteiger partial charge in [-0.05, 0) is 13.8 Å². The van der Waals surface area contributed by atoms with E-state index < -0.39 is 19.9 Å². The predicted octanol–water partition coefficient (Wildman–Crippen LogP) is 1.78. The maximum Gasteiger partial charge on any atom is 0.332 e. The van der Waals surface area contributed by atoms with Gasteiger partial charge in [0.15, 0.2) is 0 Å². The molecule has 8 heteroatoms. The maximum atomic E-state index is 12.4. The summed E-state index contributed by atoms with van der Waals surface area (Å²) in [6.07, 6.45) is 0.0209. The van der Waals surface area contributed by atoms with Crippen LogP contribution in [0.25, 0.3) is 0 Å². The smallest absolute Gasteiger partial charge is 0.332 e. The van der Waals surface area contributed by atoms with E-state index in [0.717, 1.165) is 0 Å². The van der Waals surface area contributed by atoms with Crippen LogP contribution in [0.5, 0.6) is 0 Å². The van der Waals surface area contributed by atoms with Gasteiger partial charge in [-0.25, -0.2) is 0 Å². The van der Waals surface area contributed by atoms with Crippen molar-refractivity contribution in [1.82, 2.24) is 5.06 Å². The lowest BCUT2D eigenvalue weighted by Crippen LogP contribution is -2.28. The van der Waals surface area contributed by atoms with Crippen molar-refractivity contribution in [2.24, 2.45) is 0 Å². The molecule has 0 amide bonds. The van der Waals surface area contributed by atoms with Crippen molar-refractivity contribution in [3.63, 3.8) is 0 Å². The summed E-state index contributed by atoms with van der Waals surface area (Å²) in [4.78, 5) is 16.2. The highest BCUT2D eigenvalue weighted by Gasteiger charge is 2.39. The molecular weight excluding hydrogens is 273 g/mol. The molecule has 1 aliphatic rings. The van der Waals surface area contributed by atoms with Crippen LogP contribution in [-0.4, -0.2) is 49.8 Å². The molecule has 0 aromatic carbocycles. The molecule has 1 saturated heterocycles. The molecule has 7 nitrogen and oxygen atoms in total. The van der Waals surface area contributed by atoms with Crippen LogP contribution in [0.1, 0.15) is 27.2 Å². The maximum absolute atomic E-state index is 12.4. The van der Waals surface area contributed by atoms with Crippen LogP contribution in [-0.2, 0) is 28.0 Å². The first kappa shape index (κ1) is 16.6. The van der Waals surface area contributed by atoms with Crippen molar-refractivity contribution >= 4 is 13.6 Å². The molecular formula is C11H22NO6P. The summed E-state index contributed by atoms with van der Waals surface area (Å²) in [5.74, 6) is -0.406. The SMILES string of the molecule is CCOP(=O)(CC1CC(OC(C)=O)ON1C)OCC. The minimum Gasteiger partial charge on any atom is -0.434 e. The molecule has 0 bridgehead atoms. The molecule has 112 valence electrons. The Morgan fingerprint density at radius 1 is 1.37 bits per heavy atom. The highest BCUT2D eigenvalue weighted by Crippen LogP contribution is 2.50. The summed E-state index contributed by atoms with van der Waals surface area (Å²) in [5, 5.41) is 1.54. The van der Waals surface area contributed by atoms with Crippen LogP contribution < -0.4 is 0 Å². The number of ether oxygens (including phenoxy) is 1. The Balaban J connectivity index is 2.60. The molecule has 0 aliphatic carbocycles. The first-order valence-corrected chi connectivity index (χ1v) is 8.08. The first-order chi connectivity index (χ1) is 8.90. The number of hydroxylamine groups is 2. The third-order valence-corrected chi connectivity index (χ3v) is 4.82. The number of rotatable bonds is 7. The van der Waals surface area contributed by atoms with E-state index >= 15 is 0 Å². The topological polar surface area (TPSA) is 74.3 Å². The predicted molar refractivity (Wildman–Crippen MR) is 68.5 cm³/mol. The van der Waals surface area contributed by atoms with Gasteiger partial charge in [-0.2, -0.15) is 5.06 Å². The largest absolute Gasteiger partial charge is 0.434 e. The summed E-state index contributed by atoms with van der Waals surface area (Å²) < 4.78 is 27.9. The van der Waals surface area contributed by atoms with Gasteiger partial charge in [-0.3, -0.25) is 14.2 Å². The van der Waals surface area contributed by atoms with Gasteiger partial charge in [0, 0.05) is 20.4 Å². The molecule has 0 spiro atoms. The van der Waals surface area contributed by atoms with E-state index in [4.69, 9.17) is 18.6 Å². The van der Waals surface area contributed by atoms with E-state index in [1.807, 2.05) is 0 Å². The first-order valence-electron chi connectivity index (χ1n) is 6.35. The minimum atomic E-state index is -3.13. The molecule has 0 N–H and O–H groups in total. The van der Waals surface area contributed by atoms with Gasteiger partial charge in [0.05, 0.1) is 25.4 Å². The Bertz CT molecular complexity index is 340. The minimum absolute atomic E-state index is 0.173. The van der Waals surface area contributed by atoms with Crippen molar-refractivity contribution < 1.29 is 28.0 Å². The van der Waals surface area contributed by atoms with Crippen molar-refractivity contribution in [2.75, 3.05) is 26.4 Å². The molecule has 1 heterocycles. The average molecular weight is 295 g/mol. The Morgan fingerprint density at radius 3 is 2.42 bits per heavy atom. The number of esters is 1. The number of carbonyl (C=O) groups excluding carboxylic acids is 1. The van der Waals surface area contributed by atoms with Gasteiger partial charge in [0.1, 0.15) is 0 Å². The fourth-order valence-corrected chi connectivity index (χ4v) is 3.89. The second kappa shape index (κ2) is 7.36. The average Bonchev–Trinajstić information content (AvgIpc) is 2.58. The fourth-order valence-electron chi connectivity index (χ4n) is 1.92. The van der Waals surface area contributed by atoms with E-state index in [1.165, 1.54) is 12.0 Å². The third-order valence-electron chi connectivity index (χ3n) is 2.65. The molecule has 1 aliphatic heterocycles. The van der Waals surface area contributed by atoms with E-state index in [1.54, 1.807) is 20.9 Å². The Hall–Kier alpha value is -0.460. The molecule has 2 atom stereocenters. The molecule has 0 radical (unpaired) electrons. The molecule has 1 fully saturated rings. The van der Waals surface area contributed by atoms with Gasteiger partial charge >= 0.3 is 13.6 Å². The van der Waals surface area contributed by atoms with Crippen molar-refractivity contribution in [3.05, 3.63) is 0 Å². The van der Waals surface area contributed by atoms with E-state index in [-0.39, 0.29) is 12.2 Å². The molecule has 19 heavy (non-hydrogen) atoms. The zero-order valence-electron chi connectivity index (χ0n) is 11.8. The monoisotopic (exact) mass is 295 g/mol. The molecule has 0 aromatic rings. The summed E-state index contributed by atoms with van der Waals surface area (Å²) in [6.45, 7) is 5.50. The zero-order valence-corrected chi connectivity index (χ0v) is 12.7. The fraction of sp³-hybridized carbons (Fsp3) is 0.909. The lowest BCUT2D eigenvalue weighted by Gasteiger charge is -2.22. The van der Waals surface area contributed by atoms with Crippen molar-refractivity contribution in [2.45, 2.75) is 39.5 Å². The highest BCUT2D eigenvalue weighted by atomic mass is 31.2. The molecule has 1 rings (SSSR count). The third kappa shape index (κ3) is 5.20. The van der Waals surface area contributed by atoms with Gasteiger partial charge in [-0.15, -0.1) is 0 Å². The molecule has 2 unspecified atom stereocenters. The molecule has 0 aromatic heterocycles. The second-order valence-electron chi connectivity index (χ2n) is 4.21. The summed E-state index contributed by atoms with van der Waals surface area (Å²) in [6, 6.07) is -0.173. The Morgan fingerprint density at radius 2 is 1.95 bits per heavy atom. The van der Waals surface area contributed by atoms with Crippen LogP contribution in [0.3, 0.4) is 0 Å². The quantitative estimate of drug-likeness (QED) is 0.523. The summed E-state index contributed by atoms with van der Waals surface area (Å²) in [5.41, 5.74) is 0. The lowest BCUT2D eigenvalue weighted by atomic mass is 10.2. The van der Waals surface area contributed by atoms with E-state index in [9.17, 15) is 9.36 Å². The van der Waals surface area contributed by atoms with E-state index in [2.05, 4.69) is 0 Å².